The van der Waals surface area contributed by atoms with E-state index in [4.69, 9.17) is 0 Å². The fourth-order valence-corrected chi connectivity index (χ4v) is 1.45. The van der Waals surface area contributed by atoms with Gasteiger partial charge in [0.05, 0.1) is 6.54 Å². The van der Waals surface area contributed by atoms with Crippen LogP contribution in [0.4, 0.5) is 0 Å². The van der Waals surface area contributed by atoms with Gasteiger partial charge in [0.1, 0.15) is 5.82 Å². The van der Waals surface area contributed by atoms with Gasteiger partial charge >= 0.3 is 0 Å². The molecule has 3 nitrogen and oxygen atoms in total. The van der Waals surface area contributed by atoms with Crippen molar-refractivity contribution in [1.82, 2.24) is 10.2 Å². The van der Waals surface area contributed by atoms with Gasteiger partial charge in [0, 0.05) is 18.7 Å². The maximum atomic E-state index is 11.2. The number of nitrogens with one attached hydrogen (secondary N) is 1. The van der Waals surface area contributed by atoms with Crippen LogP contribution in [0.5, 0.6) is 0 Å². The van der Waals surface area contributed by atoms with Crippen LogP contribution in [0.15, 0.2) is 11.4 Å². The van der Waals surface area contributed by atoms with Crippen LogP contribution in [0, 0.1) is 0 Å². The molecule has 0 aromatic heterocycles. The Kier molecular flexibility index (Phi) is 2.74. The van der Waals surface area contributed by atoms with Gasteiger partial charge in [0.25, 0.3) is 0 Å². The molecular weight excluding hydrogens is 152 g/mol. The number of carbonyl (C=O) groups excluding carboxylic acids is 1. The number of hydrogen-bond donors (Lipinski definition) is 1. The first kappa shape index (κ1) is 9.10. The lowest BCUT2D eigenvalue weighted by Gasteiger charge is -2.22. The first-order valence-corrected chi connectivity index (χ1v) is 4.43. The summed E-state index contributed by atoms with van der Waals surface area (Å²) in [5.74, 6) is 1.24. The number of nitrogens with zero attached hydrogens (tertiary/aromatic N) is 1. The molecule has 0 aliphatic carbocycles. The molecule has 0 spiro atoms. The molecule has 0 saturated carbocycles. The third kappa shape index (κ3) is 1.44. The zero-order valence-electron chi connectivity index (χ0n) is 7.98. The van der Waals surface area contributed by atoms with E-state index in [2.05, 4.69) is 24.1 Å². The van der Waals surface area contributed by atoms with E-state index in [9.17, 15) is 4.79 Å². The number of hydrogen-bond acceptors (Lipinski definition) is 3. The summed E-state index contributed by atoms with van der Waals surface area (Å²) in [7, 11) is 0. The number of ketones is 1. The van der Waals surface area contributed by atoms with E-state index in [1.54, 1.807) is 0 Å². The number of Topliss-reactive ketones (excluding diaryl/α,β-unsaturated/α-hetero) is 1. The van der Waals surface area contributed by atoms with E-state index in [-0.39, 0.29) is 5.78 Å². The van der Waals surface area contributed by atoms with Crippen molar-refractivity contribution in [3.63, 3.8) is 0 Å². The Labute approximate surface area is 73.4 Å². The summed E-state index contributed by atoms with van der Waals surface area (Å²) in [6, 6.07) is 0. The van der Waals surface area contributed by atoms with Crippen LogP contribution < -0.4 is 5.32 Å². The second kappa shape index (κ2) is 3.61. The van der Waals surface area contributed by atoms with Crippen molar-refractivity contribution in [2.75, 3.05) is 19.6 Å². The molecule has 1 heterocycles. The summed E-state index contributed by atoms with van der Waals surface area (Å²) in [5.41, 5.74) is 0.874. The van der Waals surface area contributed by atoms with E-state index in [1.165, 1.54) is 0 Å². The first-order chi connectivity index (χ1) is 5.70. The molecule has 12 heavy (non-hydrogen) atoms. The van der Waals surface area contributed by atoms with Gasteiger partial charge in [0.15, 0.2) is 5.78 Å². The molecule has 0 aromatic rings. The zero-order chi connectivity index (χ0) is 9.14. The molecule has 0 fully saturated rings. The third-order valence-corrected chi connectivity index (χ3v) is 2.27. The SMILES string of the molecule is CCN(CC)C1=C(C)C(=O)CN1. The summed E-state index contributed by atoms with van der Waals surface area (Å²) in [5, 5.41) is 3.11. The lowest BCUT2D eigenvalue weighted by Crippen LogP contribution is -2.29. The van der Waals surface area contributed by atoms with Crippen LogP contribution in [0.2, 0.25) is 0 Å². The molecule has 0 bridgehead atoms. The van der Waals surface area contributed by atoms with Gasteiger partial charge in [0.2, 0.25) is 0 Å². The Balaban J connectivity index is 2.79. The number of rotatable bonds is 3. The van der Waals surface area contributed by atoms with Gasteiger partial charge in [-0.25, -0.2) is 0 Å². The van der Waals surface area contributed by atoms with Gasteiger partial charge in [-0.15, -0.1) is 0 Å². The number of carbonyl (C=O) groups is 1. The summed E-state index contributed by atoms with van der Waals surface area (Å²) in [6.07, 6.45) is 0. The van der Waals surface area contributed by atoms with Crippen LogP contribution in [-0.2, 0) is 4.79 Å². The fraction of sp³-hybridized carbons (Fsp3) is 0.667. The van der Waals surface area contributed by atoms with Crippen LogP contribution >= 0.6 is 0 Å². The Morgan fingerprint density at radius 1 is 1.42 bits per heavy atom. The molecule has 0 radical (unpaired) electrons. The topological polar surface area (TPSA) is 32.3 Å². The molecule has 1 N–H and O–H groups in total. The Bertz CT molecular complexity index is 217. The van der Waals surface area contributed by atoms with Crippen LogP contribution in [0.3, 0.4) is 0 Å². The molecule has 0 atom stereocenters. The lowest BCUT2D eigenvalue weighted by molar-refractivity contribution is -0.113. The average molecular weight is 168 g/mol. The maximum Gasteiger partial charge on any atom is 0.181 e. The molecule has 0 amide bonds. The van der Waals surface area contributed by atoms with Crippen molar-refractivity contribution < 1.29 is 4.79 Å². The van der Waals surface area contributed by atoms with Gasteiger partial charge in [-0.3, -0.25) is 4.79 Å². The molecule has 0 aromatic carbocycles. The molecule has 0 saturated heterocycles. The molecule has 68 valence electrons. The quantitative estimate of drug-likeness (QED) is 0.674. The van der Waals surface area contributed by atoms with Gasteiger partial charge in [-0.05, 0) is 20.8 Å². The van der Waals surface area contributed by atoms with Crippen molar-refractivity contribution in [3.05, 3.63) is 11.4 Å². The van der Waals surface area contributed by atoms with E-state index in [0.717, 1.165) is 24.5 Å². The summed E-state index contributed by atoms with van der Waals surface area (Å²) in [4.78, 5) is 13.3. The van der Waals surface area contributed by atoms with Crippen molar-refractivity contribution in [3.8, 4) is 0 Å². The van der Waals surface area contributed by atoms with Crippen molar-refractivity contribution in [1.29, 1.82) is 0 Å². The summed E-state index contributed by atoms with van der Waals surface area (Å²) in [6.45, 7) is 8.43. The zero-order valence-corrected chi connectivity index (χ0v) is 7.98. The molecule has 3 heteroatoms. The minimum atomic E-state index is 0.219. The molecule has 1 rings (SSSR count). The Morgan fingerprint density at radius 2 is 2.00 bits per heavy atom. The van der Waals surface area contributed by atoms with Gasteiger partial charge < -0.3 is 10.2 Å². The highest BCUT2D eigenvalue weighted by molar-refractivity contribution is 5.99. The predicted octanol–water partition coefficient (Wildman–Crippen LogP) is 0.732. The second-order valence-electron chi connectivity index (χ2n) is 2.92. The molecular formula is C9H16N2O. The first-order valence-electron chi connectivity index (χ1n) is 4.43. The van der Waals surface area contributed by atoms with Crippen LogP contribution in [-0.4, -0.2) is 30.3 Å². The standard InChI is InChI=1S/C9H16N2O/c1-4-11(5-2)9-7(3)8(12)6-10-9/h10H,4-6H2,1-3H3. The van der Waals surface area contributed by atoms with E-state index < -0.39 is 0 Å². The average Bonchev–Trinajstić information content (AvgIpc) is 2.38. The normalized spacial score (nSPS) is 16.8. The van der Waals surface area contributed by atoms with Crippen LogP contribution in [0.25, 0.3) is 0 Å². The van der Waals surface area contributed by atoms with Crippen molar-refractivity contribution >= 4 is 5.78 Å². The molecule has 0 unspecified atom stereocenters. The monoisotopic (exact) mass is 168 g/mol. The lowest BCUT2D eigenvalue weighted by atomic mass is 10.2. The summed E-state index contributed by atoms with van der Waals surface area (Å²) >= 11 is 0. The molecule has 1 aliphatic heterocycles. The van der Waals surface area contributed by atoms with Crippen LogP contribution in [0.1, 0.15) is 20.8 Å². The van der Waals surface area contributed by atoms with Gasteiger partial charge in [-0.1, -0.05) is 0 Å². The Hall–Kier alpha value is -0.990. The van der Waals surface area contributed by atoms with E-state index in [1.807, 2.05) is 6.92 Å². The van der Waals surface area contributed by atoms with Gasteiger partial charge in [-0.2, -0.15) is 0 Å². The minimum absolute atomic E-state index is 0.219. The smallest absolute Gasteiger partial charge is 0.181 e. The highest BCUT2D eigenvalue weighted by Gasteiger charge is 2.21. The highest BCUT2D eigenvalue weighted by Crippen LogP contribution is 2.12. The highest BCUT2D eigenvalue weighted by atomic mass is 16.1. The molecule has 1 aliphatic rings. The minimum Gasteiger partial charge on any atom is -0.364 e. The van der Waals surface area contributed by atoms with Crippen molar-refractivity contribution in [2.24, 2.45) is 0 Å². The maximum absolute atomic E-state index is 11.2. The Morgan fingerprint density at radius 3 is 2.33 bits per heavy atom. The third-order valence-electron chi connectivity index (χ3n) is 2.27. The predicted molar refractivity (Wildman–Crippen MR) is 48.6 cm³/mol. The largest absolute Gasteiger partial charge is 0.364 e. The van der Waals surface area contributed by atoms with E-state index in [0.29, 0.717) is 6.54 Å². The fourth-order valence-electron chi connectivity index (χ4n) is 1.45. The second-order valence-corrected chi connectivity index (χ2v) is 2.92. The van der Waals surface area contributed by atoms with Crippen molar-refractivity contribution in [2.45, 2.75) is 20.8 Å². The van der Waals surface area contributed by atoms with E-state index >= 15 is 0 Å². The summed E-state index contributed by atoms with van der Waals surface area (Å²) < 4.78 is 0.